The van der Waals surface area contributed by atoms with Crippen LogP contribution in [0.15, 0.2) is 24.3 Å². The fourth-order valence-corrected chi connectivity index (χ4v) is 2.31. The van der Waals surface area contributed by atoms with Gasteiger partial charge in [-0.2, -0.15) is 0 Å². The number of anilines is 1. The van der Waals surface area contributed by atoms with Gasteiger partial charge < -0.3 is 15.5 Å². The van der Waals surface area contributed by atoms with Crippen LogP contribution in [0.25, 0.3) is 0 Å². The van der Waals surface area contributed by atoms with E-state index in [-0.39, 0.29) is 11.9 Å². The molecule has 1 aliphatic heterocycles. The molecule has 0 bridgehead atoms. The highest BCUT2D eigenvalue weighted by atomic mass is 16.4. The third-order valence-corrected chi connectivity index (χ3v) is 3.38. The molecule has 1 fully saturated rings. The van der Waals surface area contributed by atoms with Gasteiger partial charge in [-0.3, -0.25) is 9.69 Å². The average Bonchev–Trinajstić information content (AvgIpc) is 2.37. The first-order chi connectivity index (χ1) is 8.65. The van der Waals surface area contributed by atoms with Crippen molar-refractivity contribution in [3.8, 4) is 0 Å². The molecule has 5 nitrogen and oxygen atoms in total. The van der Waals surface area contributed by atoms with Crippen LogP contribution in [0.3, 0.4) is 0 Å². The summed E-state index contributed by atoms with van der Waals surface area (Å²) >= 11 is 0. The Hall–Kier alpha value is -1.59. The molecule has 0 atom stereocenters. The smallest absolute Gasteiger partial charge is 0.304 e. The van der Waals surface area contributed by atoms with E-state index >= 15 is 0 Å². The second-order valence-corrected chi connectivity index (χ2v) is 4.81. The Kier molecular flexibility index (Phi) is 5.79. The number of carboxylic acids is 1. The lowest BCUT2D eigenvalue weighted by Gasteiger charge is -2.36. The monoisotopic (exact) mass is 266 g/mol. The van der Waals surface area contributed by atoms with Gasteiger partial charge in [0.15, 0.2) is 0 Å². The molecule has 1 aromatic rings. The van der Waals surface area contributed by atoms with Crippen LogP contribution in [0.2, 0.25) is 0 Å². The van der Waals surface area contributed by atoms with Gasteiger partial charge in [-0.05, 0) is 24.6 Å². The third kappa shape index (κ3) is 4.54. The predicted octanol–water partition coefficient (Wildman–Crippen LogP) is 0.767. The zero-order valence-electron chi connectivity index (χ0n) is 11.3. The van der Waals surface area contributed by atoms with Crippen molar-refractivity contribution in [3.63, 3.8) is 0 Å². The highest BCUT2D eigenvalue weighted by molar-refractivity contribution is 5.66. The summed E-state index contributed by atoms with van der Waals surface area (Å²) in [6, 6.07) is 8.53. The SMILES string of the molecule is Cc1cccc(N2CCN(CCC(=O)O)CC2)c1.O. The highest BCUT2D eigenvalue weighted by Gasteiger charge is 2.17. The van der Waals surface area contributed by atoms with Gasteiger partial charge in [-0.25, -0.2) is 0 Å². The quantitative estimate of drug-likeness (QED) is 0.873. The van der Waals surface area contributed by atoms with Crippen LogP contribution in [-0.4, -0.2) is 54.2 Å². The number of hydrogen-bond acceptors (Lipinski definition) is 3. The van der Waals surface area contributed by atoms with Gasteiger partial charge in [0.05, 0.1) is 6.42 Å². The average molecular weight is 266 g/mol. The van der Waals surface area contributed by atoms with Gasteiger partial charge in [0.25, 0.3) is 0 Å². The first-order valence-electron chi connectivity index (χ1n) is 6.41. The topological polar surface area (TPSA) is 75.3 Å². The van der Waals surface area contributed by atoms with E-state index in [2.05, 4.69) is 41.0 Å². The van der Waals surface area contributed by atoms with Crippen LogP contribution >= 0.6 is 0 Å². The highest BCUT2D eigenvalue weighted by Crippen LogP contribution is 2.17. The summed E-state index contributed by atoms with van der Waals surface area (Å²) in [7, 11) is 0. The third-order valence-electron chi connectivity index (χ3n) is 3.38. The summed E-state index contributed by atoms with van der Waals surface area (Å²) in [5.74, 6) is -0.712. The molecule has 1 heterocycles. The lowest BCUT2D eigenvalue weighted by Crippen LogP contribution is -2.46. The first-order valence-corrected chi connectivity index (χ1v) is 6.41. The molecule has 0 amide bonds. The molecular formula is C14H22N2O3. The molecule has 19 heavy (non-hydrogen) atoms. The Morgan fingerprint density at radius 3 is 2.53 bits per heavy atom. The van der Waals surface area contributed by atoms with Crippen LogP contribution in [0.1, 0.15) is 12.0 Å². The van der Waals surface area contributed by atoms with Gasteiger partial charge in [0, 0.05) is 38.4 Å². The number of aliphatic carboxylic acids is 1. The zero-order chi connectivity index (χ0) is 13.0. The molecular weight excluding hydrogens is 244 g/mol. The van der Waals surface area contributed by atoms with E-state index in [0.717, 1.165) is 26.2 Å². The fraction of sp³-hybridized carbons (Fsp3) is 0.500. The maximum absolute atomic E-state index is 10.5. The van der Waals surface area contributed by atoms with Gasteiger partial charge in [0.1, 0.15) is 0 Å². The summed E-state index contributed by atoms with van der Waals surface area (Å²) in [5, 5.41) is 8.67. The summed E-state index contributed by atoms with van der Waals surface area (Å²) < 4.78 is 0. The van der Waals surface area contributed by atoms with Gasteiger partial charge in [0.2, 0.25) is 0 Å². The fourth-order valence-electron chi connectivity index (χ4n) is 2.31. The Morgan fingerprint density at radius 2 is 1.95 bits per heavy atom. The molecule has 0 spiro atoms. The second-order valence-electron chi connectivity index (χ2n) is 4.81. The van der Waals surface area contributed by atoms with Crippen molar-refractivity contribution in [2.75, 3.05) is 37.6 Å². The number of hydrogen-bond donors (Lipinski definition) is 1. The van der Waals surface area contributed by atoms with Crippen molar-refractivity contribution in [1.29, 1.82) is 0 Å². The van der Waals surface area contributed by atoms with Gasteiger partial charge in [-0.1, -0.05) is 12.1 Å². The standard InChI is InChI=1S/C14H20N2O2.H2O/c1-12-3-2-4-13(11-12)16-9-7-15(8-10-16)6-5-14(17)18;/h2-4,11H,5-10H2,1H3,(H,17,18);1H2. The van der Waals surface area contributed by atoms with Crippen molar-refractivity contribution < 1.29 is 15.4 Å². The minimum atomic E-state index is -0.712. The number of aryl methyl sites for hydroxylation is 1. The molecule has 5 heteroatoms. The molecule has 1 aromatic carbocycles. The van der Waals surface area contributed by atoms with Crippen molar-refractivity contribution in [3.05, 3.63) is 29.8 Å². The van der Waals surface area contributed by atoms with E-state index in [9.17, 15) is 4.79 Å². The molecule has 1 aliphatic rings. The largest absolute Gasteiger partial charge is 0.481 e. The molecule has 1 saturated heterocycles. The summed E-state index contributed by atoms with van der Waals surface area (Å²) in [5.41, 5.74) is 2.55. The number of piperazine rings is 1. The molecule has 0 radical (unpaired) electrons. The number of rotatable bonds is 4. The minimum Gasteiger partial charge on any atom is -0.481 e. The Balaban J connectivity index is 0.00000180. The van der Waals surface area contributed by atoms with Crippen molar-refractivity contribution >= 4 is 11.7 Å². The van der Waals surface area contributed by atoms with Gasteiger partial charge in [-0.15, -0.1) is 0 Å². The normalized spacial score (nSPS) is 15.9. The number of benzene rings is 1. The summed E-state index contributed by atoms with van der Waals surface area (Å²) in [6.07, 6.45) is 0.241. The number of carbonyl (C=O) groups is 1. The van der Waals surface area contributed by atoms with E-state index in [1.807, 2.05) is 0 Å². The van der Waals surface area contributed by atoms with E-state index in [1.165, 1.54) is 11.3 Å². The van der Waals surface area contributed by atoms with Crippen LogP contribution in [-0.2, 0) is 4.79 Å². The Labute approximate surface area is 113 Å². The Morgan fingerprint density at radius 1 is 1.26 bits per heavy atom. The van der Waals surface area contributed by atoms with Crippen LogP contribution in [0, 0.1) is 6.92 Å². The number of carboxylic acid groups (broad SMARTS) is 1. The molecule has 0 aromatic heterocycles. The minimum absolute atomic E-state index is 0. The Bertz CT molecular complexity index is 415. The van der Waals surface area contributed by atoms with Crippen LogP contribution < -0.4 is 4.90 Å². The van der Waals surface area contributed by atoms with E-state index in [1.54, 1.807) is 0 Å². The van der Waals surface area contributed by atoms with E-state index in [0.29, 0.717) is 6.54 Å². The molecule has 0 unspecified atom stereocenters. The van der Waals surface area contributed by atoms with Crippen LogP contribution in [0.5, 0.6) is 0 Å². The molecule has 106 valence electrons. The first kappa shape index (κ1) is 15.5. The van der Waals surface area contributed by atoms with E-state index < -0.39 is 5.97 Å². The summed E-state index contributed by atoms with van der Waals surface area (Å²) in [6.45, 7) is 6.61. The second kappa shape index (κ2) is 7.11. The maximum atomic E-state index is 10.5. The molecule has 0 saturated carbocycles. The van der Waals surface area contributed by atoms with E-state index in [4.69, 9.17) is 5.11 Å². The molecule has 3 N–H and O–H groups in total. The zero-order valence-corrected chi connectivity index (χ0v) is 11.3. The van der Waals surface area contributed by atoms with Crippen molar-refractivity contribution in [2.24, 2.45) is 0 Å². The van der Waals surface area contributed by atoms with Crippen molar-refractivity contribution in [1.82, 2.24) is 4.90 Å². The number of nitrogens with zero attached hydrogens (tertiary/aromatic N) is 2. The van der Waals surface area contributed by atoms with Gasteiger partial charge >= 0.3 is 5.97 Å². The lowest BCUT2D eigenvalue weighted by molar-refractivity contribution is -0.137. The lowest BCUT2D eigenvalue weighted by atomic mass is 10.2. The van der Waals surface area contributed by atoms with Crippen molar-refractivity contribution in [2.45, 2.75) is 13.3 Å². The van der Waals surface area contributed by atoms with Crippen LogP contribution in [0.4, 0.5) is 5.69 Å². The molecule has 0 aliphatic carbocycles. The predicted molar refractivity (Wildman–Crippen MR) is 75.7 cm³/mol. The summed E-state index contributed by atoms with van der Waals surface area (Å²) in [4.78, 5) is 15.1. The maximum Gasteiger partial charge on any atom is 0.304 e. The molecule has 2 rings (SSSR count).